The fraction of sp³-hybridized carbons (Fsp3) is 0.455. The van der Waals surface area contributed by atoms with Gasteiger partial charge in [-0.05, 0) is 12.5 Å². The van der Waals surface area contributed by atoms with E-state index >= 15 is 0 Å². The molecule has 0 aliphatic heterocycles. The van der Waals surface area contributed by atoms with Crippen molar-refractivity contribution in [2.45, 2.75) is 32.7 Å². The third kappa shape index (κ3) is 1.92. The van der Waals surface area contributed by atoms with Crippen molar-refractivity contribution < 1.29 is 0 Å². The quantitative estimate of drug-likeness (QED) is 0.692. The Bertz CT molecular complexity index is 373. The minimum Gasteiger partial charge on any atom is -0.271 e. The molecule has 0 aromatic carbocycles. The molecule has 0 saturated heterocycles. The summed E-state index contributed by atoms with van der Waals surface area (Å²) in [5.74, 6) is 0. The van der Waals surface area contributed by atoms with Gasteiger partial charge in [0, 0.05) is 24.3 Å². The first kappa shape index (κ1) is 9.19. The number of aromatic nitrogens is 3. The van der Waals surface area contributed by atoms with Crippen molar-refractivity contribution in [2.24, 2.45) is 0 Å². The van der Waals surface area contributed by atoms with Crippen LogP contribution in [0.5, 0.6) is 0 Å². The Kier molecular flexibility index (Phi) is 2.77. The molecule has 0 unspecified atom stereocenters. The van der Waals surface area contributed by atoms with Crippen LogP contribution in [-0.2, 0) is 6.54 Å². The van der Waals surface area contributed by atoms with E-state index in [9.17, 15) is 0 Å². The Hall–Kier alpha value is -1.38. The number of hydrogen-bond donors (Lipinski definition) is 0. The predicted molar refractivity (Wildman–Crippen MR) is 57.1 cm³/mol. The number of fused-ring (bicyclic) bond motifs is 1. The molecular formula is C11H15N3. The van der Waals surface area contributed by atoms with Crippen molar-refractivity contribution in [3.63, 3.8) is 0 Å². The number of unbranched alkanes of at least 4 members (excludes halogenated alkanes) is 2. The zero-order valence-corrected chi connectivity index (χ0v) is 8.48. The highest BCUT2D eigenvalue weighted by Gasteiger charge is 1.98. The lowest BCUT2D eigenvalue weighted by Crippen LogP contribution is -1.97. The number of nitrogens with zero attached hydrogens (tertiary/aromatic N) is 3. The standard InChI is InChI=1S/C11H15N3/c1-2-3-4-7-14-9-10-5-6-12-8-11(10)13-14/h5-6,8-9H,2-4,7H2,1H3. The van der Waals surface area contributed by atoms with Gasteiger partial charge in [0.1, 0.15) is 5.52 Å². The molecule has 0 aliphatic carbocycles. The van der Waals surface area contributed by atoms with Gasteiger partial charge >= 0.3 is 0 Å². The van der Waals surface area contributed by atoms with Crippen molar-refractivity contribution in [3.05, 3.63) is 24.7 Å². The van der Waals surface area contributed by atoms with Gasteiger partial charge in [0.2, 0.25) is 0 Å². The van der Waals surface area contributed by atoms with Crippen molar-refractivity contribution in [2.75, 3.05) is 0 Å². The fourth-order valence-corrected chi connectivity index (χ4v) is 1.56. The Balaban J connectivity index is 2.11. The Morgan fingerprint density at radius 2 is 2.29 bits per heavy atom. The predicted octanol–water partition coefficient (Wildman–Crippen LogP) is 2.62. The van der Waals surface area contributed by atoms with E-state index in [0.717, 1.165) is 12.1 Å². The second-order valence-electron chi connectivity index (χ2n) is 3.53. The van der Waals surface area contributed by atoms with Gasteiger partial charge in [0.15, 0.2) is 0 Å². The van der Waals surface area contributed by atoms with Crippen molar-refractivity contribution in [1.82, 2.24) is 14.8 Å². The highest BCUT2D eigenvalue weighted by molar-refractivity contribution is 5.76. The number of aryl methyl sites for hydroxylation is 1. The largest absolute Gasteiger partial charge is 0.271 e. The molecular weight excluding hydrogens is 174 g/mol. The van der Waals surface area contributed by atoms with Crippen LogP contribution in [0.25, 0.3) is 10.9 Å². The summed E-state index contributed by atoms with van der Waals surface area (Å²) in [6.45, 7) is 3.23. The lowest BCUT2D eigenvalue weighted by molar-refractivity contribution is 0.557. The lowest BCUT2D eigenvalue weighted by Gasteiger charge is -1.98. The van der Waals surface area contributed by atoms with Gasteiger partial charge in [-0.1, -0.05) is 19.8 Å². The van der Waals surface area contributed by atoms with Crippen LogP contribution in [0.3, 0.4) is 0 Å². The second-order valence-corrected chi connectivity index (χ2v) is 3.53. The van der Waals surface area contributed by atoms with E-state index in [1.807, 2.05) is 16.9 Å². The van der Waals surface area contributed by atoms with Gasteiger partial charge < -0.3 is 0 Å². The first-order valence-corrected chi connectivity index (χ1v) is 5.17. The van der Waals surface area contributed by atoms with Crippen LogP contribution in [0.2, 0.25) is 0 Å². The molecule has 0 N–H and O–H groups in total. The van der Waals surface area contributed by atoms with Gasteiger partial charge in [-0.25, -0.2) is 0 Å². The molecule has 2 rings (SSSR count). The molecule has 2 aromatic heterocycles. The van der Waals surface area contributed by atoms with E-state index in [0.29, 0.717) is 0 Å². The summed E-state index contributed by atoms with van der Waals surface area (Å²) in [5, 5.41) is 5.62. The number of rotatable bonds is 4. The van der Waals surface area contributed by atoms with Gasteiger partial charge in [0.05, 0.1) is 6.20 Å². The van der Waals surface area contributed by atoms with Gasteiger partial charge in [0.25, 0.3) is 0 Å². The van der Waals surface area contributed by atoms with Gasteiger partial charge in [-0.2, -0.15) is 5.10 Å². The molecule has 0 fully saturated rings. The minimum absolute atomic E-state index is 0.990. The van der Waals surface area contributed by atoms with E-state index in [1.165, 1.54) is 24.6 Å². The molecule has 3 nitrogen and oxygen atoms in total. The molecule has 0 radical (unpaired) electrons. The normalized spacial score (nSPS) is 10.9. The molecule has 0 atom stereocenters. The minimum atomic E-state index is 0.990. The van der Waals surface area contributed by atoms with Crippen LogP contribution in [0.1, 0.15) is 26.2 Å². The first-order valence-electron chi connectivity index (χ1n) is 5.17. The summed E-state index contributed by atoms with van der Waals surface area (Å²) in [5.41, 5.74) is 0.990. The summed E-state index contributed by atoms with van der Waals surface area (Å²) < 4.78 is 2.02. The topological polar surface area (TPSA) is 30.7 Å². The molecule has 0 spiro atoms. The molecule has 0 saturated carbocycles. The van der Waals surface area contributed by atoms with Gasteiger partial charge in [-0.15, -0.1) is 0 Å². The average molecular weight is 189 g/mol. The summed E-state index contributed by atoms with van der Waals surface area (Å²) in [6, 6.07) is 2.00. The third-order valence-electron chi connectivity index (χ3n) is 2.35. The summed E-state index contributed by atoms with van der Waals surface area (Å²) in [7, 11) is 0. The molecule has 0 amide bonds. The Morgan fingerprint density at radius 1 is 1.36 bits per heavy atom. The molecule has 14 heavy (non-hydrogen) atoms. The van der Waals surface area contributed by atoms with E-state index in [-0.39, 0.29) is 0 Å². The van der Waals surface area contributed by atoms with E-state index in [1.54, 1.807) is 6.20 Å². The number of hydrogen-bond acceptors (Lipinski definition) is 2. The molecule has 0 bridgehead atoms. The molecule has 74 valence electrons. The maximum atomic E-state index is 4.44. The summed E-state index contributed by atoms with van der Waals surface area (Å²) in [4.78, 5) is 4.05. The van der Waals surface area contributed by atoms with Crippen LogP contribution in [0.15, 0.2) is 24.7 Å². The smallest absolute Gasteiger partial charge is 0.111 e. The molecule has 3 heteroatoms. The first-order chi connectivity index (χ1) is 6.90. The molecule has 2 heterocycles. The molecule has 2 aromatic rings. The summed E-state index contributed by atoms with van der Waals surface area (Å²) in [6.07, 6.45) is 9.44. The number of pyridine rings is 1. The maximum Gasteiger partial charge on any atom is 0.111 e. The van der Waals surface area contributed by atoms with E-state index in [2.05, 4.69) is 23.2 Å². The van der Waals surface area contributed by atoms with Crippen LogP contribution in [0.4, 0.5) is 0 Å². The van der Waals surface area contributed by atoms with Crippen molar-refractivity contribution in [3.8, 4) is 0 Å². The zero-order valence-electron chi connectivity index (χ0n) is 8.48. The monoisotopic (exact) mass is 189 g/mol. The fourth-order valence-electron chi connectivity index (χ4n) is 1.56. The van der Waals surface area contributed by atoms with Crippen LogP contribution in [0, 0.1) is 0 Å². The Labute approximate surface area is 83.8 Å². The van der Waals surface area contributed by atoms with Crippen LogP contribution >= 0.6 is 0 Å². The Morgan fingerprint density at radius 3 is 3.07 bits per heavy atom. The van der Waals surface area contributed by atoms with Crippen molar-refractivity contribution in [1.29, 1.82) is 0 Å². The summed E-state index contributed by atoms with van der Waals surface area (Å²) >= 11 is 0. The van der Waals surface area contributed by atoms with Gasteiger partial charge in [-0.3, -0.25) is 9.67 Å². The van der Waals surface area contributed by atoms with E-state index in [4.69, 9.17) is 0 Å². The molecule has 0 aliphatic rings. The van der Waals surface area contributed by atoms with Crippen molar-refractivity contribution >= 4 is 10.9 Å². The SMILES string of the molecule is CCCCCn1cc2ccncc2n1. The lowest BCUT2D eigenvalue weighted by atomic mass is 10.2. The average Bonchev–Trinajstić information content (AvgIpc) is 2.60. The van der Waals surface area contributed by atoms with Crippen LogP contribution < -0.4 is 0 Å². The highest BCUT2D eigenvalue weighted by Crippen LogP contribution is 2.10. The maximum absolute atomic E-state index is 4.44. The van der Waals surface area contributed by atoms with E-state index < -0.39 is 0 Å². The third-order valence-corrected chi connectivity index (χ3v) is 2.35. The highest BCUT2D eigenvalue weighted by atomic mass is 15.3. The second kappa shape index (κ2) is 4.22. The zero-order chi connectivity index (χ0) is 9.80. The van der Waals surface area contributed by atoms with Crippen LogP contribution in [-0.4, -0.2) is 14.8 Å².